The van der Waals surface area contributed by atoms with Crippen molar-refractivity contribution < 1.29 is 13.2 Å². The predicted molar refractivity (Wildman–Crippen MR) is 107 cm³/mol. The van der Waals surface area contributed by atoms with E-state index in [1.807, 2.05) is 12.1 Å². The van der Waals surface area contributed by atoms with E-state index in [0.717, 1.165) is 24.0 Å². The third-order valence-corrected chi connectivity index (χ3v) is 6.63. The van der Waals surface area contributed by atoms with Crippen LogP contribution in [0.4, 0.5) is 0 Å². The van der Waals surface area contributed by atoms with Crippen LogP contribution in [0.1, 0.15) is 44.0 Å². The van der Waals surface area contributed by atoms with Gasteiger partial charge in [-0.1, -0.05) is 25.3 Å². The van der Waals surface area contributed by atoms with E-state index in [2.05, 4.69) is 19.3 Å². The Bertz CT molecular complexity index is 1070. The molecule has 1 fully saturated rings. The molecule has 148 valence electrons. The van der Waals surface area contributed by atoms with Gasteiger partial charge >= 0.3 is 0 Å². The van der Waals surface area contributed by atoms with Crippen LogP contribution in [0.15, 0.2) is 47.5 Å². The molecule has 28 heavy (non-hydrogen) atoms. The second-order valence-electron chi connectivity index (χ2n) is 7.04. The third kappa shape index (κ3) is 3.74. The quantitative estimate of drug-likeness (QED) is 0.685. The number of hydrogen-bond donors (Lipinski definition) is 1. The topological polar surface area (TPSA) is 86.1 Å². The van der Waals surface area contributed by atoms with Crippen molar-refractivity contribution in [3.8, 4) is 5.75 Å². The molecule has 2 heterocycles. The number of imidazole rings is 1. The molecule has 1 aromatic carbocycles. The van der Waals surface area contributed by atoms with E-state index in [0.29, 0.717) is 17.6 Å². The van der Waals surface area contributed by atoms with E-state index in [1.165, 1.54) is 32.4 Å². The molecular weight excluding hydrogens is 376 g/mol. The number of fused-ring (bicyclic) bond motifs is 1. The highest BCUT2D eigenvalue weighted by atomic mass is 32.2. The van der Waals surface area contributed by atoms with Gasteiger partial charge in [0.05, 0.1) is 18.6 Å². The summed E-state index contributed by atoms with van der Waals surface area (Å²) in [7, 11) is -2.17. The number of nitrogens with one attached hydrogen (secondary N) is 1. The maximum Gasteiger partial charge on any atom is 0.241 e. The minimum atomic E-state index is -3.68. The summed E-state index contributed by atoms with van der Waals surface area (Å²) in [5.41, 5.74) is 1.62. The van der Waals surface area contributed by atoms with Crippen LogP contribution in [-0.2, 0) is 16.6 Å². The number of pyridine rings is 1. The van der Waals surface area contributed by atoms with Crippen LogP contribution in [0.5, 0.6) is 5.75 Å². The standard InChI is InChI=1S/C20H24N4O3S/c1-27-16-9-5-10-17(13-16)28(25,26)22-14-19-23-18-11-6-12-21-20(18)24(19)15-7-3-2-4-8-15/h5-6,9-13,15,22H,2-4,7-8,14H2,1H3. The predicted octanol–water partition coefficient (Wildman–Crippen LogP) is 3.42. The van der Waals surface area contributed by atoms with Crippen LogP contribution in [0.25, 0.3) is 11.2 Å². The Hall–Kier alpha value is -2.45. The Balaban J connectivity index is 1.64. The van der Waals surface area contributed by atoms with Crippen LogP contribution in [0, 0.1) is 0 Å². The summed E-state index contributed by atoms with van der Waals surface area (Å²) in [5.74, 6) is 1.20. The summed E-state index contributed by atoms with van der Waals surface area (Å²) < 4.78 is 35.5. The molecule has 2 aromatic heterocycles. The van der Waals surface area contributed by atoms with Crippen molar-refractivity contribution >= 4 is 21.2 Å². The minimum Gasteiger partial charge on any atom is -0.497 e. The van der Waals surface area contributed by atoms with Gasteiger partial charge in [0, 0.05) is 18.3 Å². The van der Waals surface area contributed by atoms with E-state index in [-0.39, 0.29) is 11.4 Å². The van der Waals surface area contributed by atoms with Crippen molar-refractivity contribution in [2.24, 2.45) is 0 Å². The molecule has 8 heteroatoms. The molecule has 0 bridgehead atoms. The molecule has 0 amide bonds. The Labute approximate surface area is 164 Å². The summed E-state index contributed by atoms with van der Waals surface area (Å²) in [6.07, 6.45) is 7.48. The fourth-order valence-electron chi connectivity index (χ4n) is 3.84. The van der Waals surface area contributed by atoms with Crippen molar-refractivity contribution in [2.75, 3.05) is 7.11 Å². The van der Waals surface area contributed by atoms with E-state index >= 15 is 0 Å². The summed E-state index contributed by atoms with van der Waals surface area (Å²) >= 11 is 0. The second-order valence-corrected chi connectivity index (χ2v) is 8.81. The average Bonchev–Trinajstić information content (AvgIpc) is 3.11. The van der Waals surface area contributed by atoms with Gasteiger partial charge in [-0.15, -0.1) is 0 Å². The molecule has 0 unspecified atom stereocenters. The number of rotatable bonds is 6. The van der Waals surface area contributed by atoms with Crippen molar-refractivity contribution in [3.63, 3.8) is 0 Å². The lowest BCUT2D eigenvalue weighted by molar-refractivity contribution is 0.350. The van der Waals surface area contributed by atoms with E-state index in [9.17, 15) is 8.42 Å². The first-order valence-electron chi connectivity index (χ1n) is 9.54. The Morgan fingerprint density at radius 1 is 1.18 bits per heavy atom. The van der Waals surface area contributed by atoms with Gasteiger partial charge < -0.3 is 9.30 Å². The molecule has 0 radical (unpaired) electrons. The van der Waals surface area contributed by atoms with Gasteiger partial charge in [0.1, 0.15) is 17.1 Å². The summed E-state index contributed by atoms with van der Waals surface area (Å²) in [4.78, 5) is 9.35. The van der Waals surface area contributed by atoms with Gasteiger partial charge in [-0.2, -0.15) is 0 Å². The molecule has 1 saturated carbocycles. The molecule has 0 saturated heterocycles. The average molecular weight is 401 g/mol. The van der Waals surface area contributed by atoms with Crippen molar-refractivity contribution in [1.29, 1.82) is 0 Å². The summed E-state index contributed by atoms with van der Waals surface area (Å²) in [6, 6.07) is 10.5. The maximum absolute atomic E-state index is 12.8. The van der Waals surface area contributed by atoms with Crippen LogP contribution in [0.3, 0.4) is 0 Å². The highest BCUT2D eigenvalue weighted by molar-refractivity contribution is 7.89. The SMILES string of the molecule is COc1cccc(S(=O)(=O)NCc2nc3cccnc3n2C2CCCCC2)c1. The van der Waals surface area contributed by atoms with Gasteiger partial charge in [-0.3, -0.25) is 0 Å². The second kappa shape index (κ2) is 7.89. The number of sulfonamides is 1. The summed E-state index contributed by atoms with van der Waals surface area (Å²) in [5, 5.41) is 0. The van der Waals surface area contributed by atoms with Crippen molar-refractivity contribution in [2.45, 2.75) is 49.6 Å². The number of benzene rings is 1. The lowest BCUT2D eigenvalue weighted by Gasteiger charge is -2.25. The number of hydrogen-bond acceptors (Lipinski definition) is 5. The smallest absolute Gasteiger partial charge is 0.241 e. The first-order valence-corrected chi connectivity index (χ1v) is 11.0. The molecule has 0 spiro atoms. The maximum atomic E-state index is 12.8. The molecule has 1 aliphatic carbocycles. The van der Waals surface area contributed by atoms with Gasteiger partial charge in [-0.25, -0.2) is 23.1 Å². The highest BCUT2D eigenvalue weighted by Gasteiger charge is 2.23. The zero-order valence-corrected chi connectivity index (χ0v) is 16.7. The fraction of sp³-hybridized carbons (Fsp3) is 0.400. The van der Waals surface area contributed by atoms with Gasteiger partial charge in [-0.05, 0) is 37.1 Å². The normalized spacial score (nSPS) is 15.8. The van der Waals surface area contributed by atoms with Crippen LogP contribution in [-0.4, -0.2) is 30.1 Å². The first-order chi connectivity index (χ1) is 13.6. The van der Waals surface area contributed by atoms with Crippen LogP contribution < -0.4 is 9.46 Å². The Morgan fingerprint density at radius 2 is 2.00 bits per heavy atom. The van der Waals surface area contributed by atoms with Crippen LogP contribution >= 0.6 is 0 Å². The fourth-order valence-corrected chi connectivity index (χ4v) is 4.85. The van der Waals surface area contributed by atoms with Crippen molar-refractivity contribution in [1.82, 2.24) is 19.3 Å². The van der Waals surface area contributed by atoms with Gasteiger partial charge in [0.25, 0.3) is 0 Å². The molecule has 4 rings (SSSR count). The third-order valence-electron chi connectivity index (χ3n) is 5.23. The monoisotopic (exact) mass is 400 g/mol. The molecular formula is C20H24N4O3S. The van der Waals surface area contributed by atoms with Crippen LogP contribution in [0.2, 0.25) is 0 Å². The molecule has 1 aliphatic rings. The van der Waals surface area contributed by atoms with E-state index in [1.54, 1.807) is 24.4 Å². The number of methoxy groups -OCH3 is 1. The molecule has 7 nitrogen and oxygen atoms in total. The molecule has 0 atom stereocenters. The van der Waals surface area contributed by atoms with E-state index in [4.69, 9.17) is 4.74 Å². The largest absolute Gasteiger partial charge is 0.497 e. The summed E-state index contributed by atoms with van der Waals surface area (Å²) in [6.45, 7) is 0.117. The molecule has 0 aliphatic heterocycles. The lowest BCUT2D eigenvalue weighted by atomic mass is 9.95. The van der Waals surface area contributed by atoms with Crippen molar-refractivity contribution in [3.05, 3.63) is 48.4 Å². The van der Waals surface area contributed by atoms with Gasteiger partial charge in [0.15, 0.2) is 5.65 Å². The number of aromatic nitrogens is 3. The first kappa shape index (κ1) is 18.9. The number of nitrogens with zero attached hydrogens (tertiary/aromatic N) is 3. The Morgan fingerprint density at radius 3 is 2.79 bits per heavy atom. The number of ether oxygens (including phenoxy) is 1. The molecule has 3 aromatic rings. The zero-order valence-electron chi connectivity index (χ0n) is 15.8. The lowest BCUT2D eigenvalue weighted by Crippen LogP contribution is -2.26. The Kier molecular flexibility index (Phi) is 5.32. The minimum absolute atomic E-state index is 0.117. The van der Waals surface area contributed by atoms with Gasteiger partial charge in [0.2, 0.25) is 10.0 Å². The highest BCUT2D eigenvalue weighted by Crippen LogP contribution is 2.32. The zero-order chi connectivity index (χ0) is 19.6. The van der Waals surface area contributed by atoms with E-state index < -0.39 is 10.0 Å². The molecule has 1 N–H and O–H groups in total.